The first kappa shape index (κ1) is 17.2. The lowest BCUT2D eigenvalue weighted by atomic mass is 10.0. The molecular formula is C20H20ClN3O. The average molecular weight is 354 g/mol. The molecule has 4 nitrogen and oxygen atoms in total. The standard InChI is InChI=1S/C20H20ClN3O/c1-2-19(16-8-10-18(21)11-9-16)23-20(25)17-12-22-24(14-17)13-15-6-4-3-5-7-15/h3-12,14,19H,2,13H2,1H3,(H,23,25). The Hall–Kier alpha value is -2.59. The molecule has 0 bridgehead atoms. The van der Waals surface area contributed by atoms with E-state index in [1.165, 1.54) is 0 Å². The van der Waals surface area contributed by atoms with E-state index in [4.69, 9.17) is 11.6 Å². The van der Waals surface area contributed by atoms with Gasteiger partial charge in [-0.2, -0.15) is 5.10 Å². The summed E-state index contributed by atoms with van der Waals surface area (Å²) in [5.41, 5.74) is 2.74. The SMILES string of the molecule is CCC(NC(=O)c1cnn(Cc2ccccc2)c1)c1ccc(Cl)cc1. The Balaban J connectivity index is 1.67. The third-order valence-corrected chi connectivity index (χ3v) is 4.32. The van der Waals surface area contributed by atoms with Gasteiger partial charge in [-0.05, 0) is 29.7 Å². The van der Waals surface area contributed by atoms with Crippen LogP contribution in [0.2, 0.25) is 5.02 Å². The monoisotopic (exact) mass is 353 g/mol. The molecule has 1 heterocycles. The van der Waals surface area contributed by atoms with E-state index >= 15 is 0 Å². The van der Waals surface area contributed by atoms with Gasteiger partial charge in [0.25, 0.3) is 5.91 Å². The highest BCUT2D eigenvalue weighted by molar-refractivity contribution is 6.30. The lowest BCUT2D eigenvalue weighted by Gasteiger charge is -2.17. The van der Waals surface area contributed by atoms with Crippen molar-refractivity contribution in [1.82, 2.24) is 15.1 Å². The van der Waals surface area contributed by atoms with Crippen LogP contribution in [0.3, 0.4) is 0 Å². The number of carbonyl (C=O) groups excluding carboxylic acids is 1. The number of amides is 1. The third kappa shape index (κ3) is 4.48. The highest BCUT2D eigenvalue weighted by Gasteiger charge is 2.15. The van der Waals surface area contributed by atoms with Crippen molar-refractivity contribution in [3.63, 3.8) is 0 Å². The fourth-order valence-electron chi connectivity index (χ4n) is 2.70. The van der Waals surface area contributed by atoms with Crippen LogP contribution >= 0.6 is 11.6 Å². The molecule has 1 atom stereocenters. The summed E-state index contributed by atoms with van der Waals surface area (Å²) < 4.78 is 1.77. The van der Waals surface area contributed by atoms with Gasteiger partial charge in [-0.1, -0.05) is 61.0 Å². The fourth-order valence-corrected chi connectivity index (χ4v) is 2.82. The summed E-state index contributed by atoms with van der Waals surface area (Å²) in [5.74, 6) is -0.124. The number of nitrogens with one attached hydrogen (secondary N) is 1. The highest BCUT2D eigenvalue weighted by atomic mass is 35.5. The molecule has 1 amide bonds. The summed E-state index contributed by atoms with van der Waals surface area (Å²) in [5, 5.41) is 8.04. The molecule has 1 N–H and O–H groups in total. The molecule has 1 aromatic heterocycles. The number of halogens is 1. The lowest BCUT2D eigenvalue weighted by Crippen LogP contribution is -2.27. The van der Waals surface area contributed by atoms with Crippen LogP contribution in [0.5, 0.6) is 0 Å². The summed E-state index contributed by atoms with van der Waals surface area (Å²) in [6.07, 6.45) is 4.18. The summed E-state index contributed by atoms with van der Waals surface area (Å²) in [4.78, 5) is 12.5. The quantitative estimate of drug-likeness (QED) is 0.710. The van der Waals surface area contributed by atoms with Gasteiger partial charge in [-0.25, -0.2) is 0 Å². The molecule has 128 valence electrons. The Morgan fingerprint density at radius 1 is 1.16 bits per heavy atom. The van der Waals surface area contributed by atoms with Gasteiger partial charge in [0.1, 0.15) is 0 Å². The van der Waals surface area contributed by atoms with E-state index in [1.54, 1.807) is 17.1 Å². The molecule has 0 saturated carbocycles. The molecule has 0 fully saturated rings. The van der Waals surface area contributed by atoms with E-state index in [0.29, 0.717) is 17.1 Å². The largest absolute Gasteiger partial charge is 0.345 e. The van der Waals surface area contributed by atoms with Crippen molar-refractivity contribution in [3.05, 3.63) is 88.7 Å². The Morgan fingerprint density at radius 3 is 2.56 bits per heavy atom. The molecule has 0 aliphatic rings. The van der Waals surface area contributed by atoms with Gasteiger partial charge in [0.15, 0.2) is 0 Å². The van der Waals surface area contributed by atoms with E-state index in [2.05, 4.69) is 10.4 Å². The van der Waals surface area contributed by atoms with E-state index in [9.17, 15) is 4.79 Å². The van der Waals surface area contributed by atoms with Crippen molar-refractivity contribution in [2.75, 3.05) is 0 Å². The topological polar surface area (TPSA) is 46.9 Å². The van der Waals surface area contributed by atoms with E-state index < -0.39 is 0 Å². The molecule has 0 radical (unpaired) electrons. The minimum Gasteiger partial charge on any atom is -0.345 e. The van der Waals surface area contributed by atoms with Crippen LogP contribution in [0.1, 0.15) is 40.9 Å². The molecule has 0 aliphatic carbocycles. The maximum absolute atomic E-state index is 12.5. The number of hydrogen-bond acceptors (Lipinski definition) is 2. The van der Waals surface area contributed by atoms with Gasteiger partial charge in [-0.15, -0.1) is 0 Å². The summed E-state index contributed by atoms with van der Waals surface area (Å²) in [6.45, 7) is 2.68. The van der Waals surface area contributed by atoms with Gasteiger partial charge in [0, 0.05) is 11.2 Å². The smallest absolute Gasteiger partial charge is 0.254 e. The number of hydrogen-bond donors (Lipinski definition) is 1. The van der Waals surface area contributed by atoms with Crippen LogP contribution in [0.25, 0.3) is 0 Å². The molecular weight excluding hydrogens is 334 g/mol. The maximum atomic E-state index is 12.5. The average Bonchev–Trinajstić information content (AvgIpc) is 3.10. The first-order chi connectivity index (χ1) is 12.2. The zero-order chi connectivity index (χ0) is 17.6. The minimum absolute atomic E-state index is 0.0535. The van der Waals surface area contributed by atoms with E-state index in [1.807, 2.05) is 61.5 Å². The molecule has 2 aromatic carbocycles. The molecule has 0 aliphatic heterocycles. The van der Waals surface area contributed by atoms with Crippen LogP contribution in [0.4, 0.5) is 0 Å². The van der Waals surface area contributed by atoms with Crippen molar-refractivity contribution in [1.29, 1.82) is 0 Å². The van der Waals surface area contributed by atoms with Gasteiger partial charge in [-0.3, -0.25) is 9.48 Å². The van der Waals surface area contributed by atoms with Crippen LogP contribution in [0.15, 0.2) is 67.0 Å². The molecule has 25 heavy (non-hydrogen) atoms. The van der Waals surface area contributed by atoms with Gasteiger partial charge in [0.05, 0.1) is 24.3 Å². The number of rotatable bonds is 6. The molecule has 3 aromatic rings. The summed E-state index contributed by atoms with van der Waals surface area (Å²) in [6, 6.07) is 17.5. The number of aromatic nitrogens is 2. The summed E-state index contributed by atoms with van der Waals surface area (Å²) >= 11 is 5.93. The minimum atomic E-state index is -0.124. The zero-order valence-electron chi connectivity index (χ0n) is 14.0. The Bertz CT molecular complexity index is 828. The number of nitrogens with zero attached hydrogens (tertiary/aromatic N) is 2. The van der Waals surface area contributed by atoms with E-state index in [0.717, 1.165) is 17.5 Å². The van der Waals surface area contributed by atoms with E-state index in [-0.39, 0.29) is 11.9 Å². The van der Waals surface area contributed by atoms with Crippen molar-refractivity contribution in [3.8, 4) is 0 Å². The number of benzene rings is 2. The summed E-state index contributed by atoms with van der Waals surface area (Å²) in [7, 11) is 0. The fraction of sp³-hybridized carbons (Fsp3) is 0.200. The third-order valence-electron chi connectivity index (χ3n) is 4.07. The van der Waals surface area contributed by atoms with Crippen LogP contribution in [0, 0.1) is 0 Å². The normalized spacial score (nSPS) is 11.9. The second kappa shape index (κ2) is 7.99. The second-order valence-electron chi connectivity index (χ2n) is 5.90. The van der Waals surface area contributed by atoms with Crippen molar-refractivity contribution < 1.29 is 4.79 Å². The van der Waals surface area contributed by atoms with Crippen LogP contribution in [-0.2, 0) is 6.54 Å². The molecule has 0 spiro atoms. The van der Waals surface area contributed by atoms with Crippen molar-refractivity contribution in [2.45, 2.75) is 25.9 Å². The van der Waals surface area contributed by atoms with Gasteiger partial charge in [0.2, 0.25) is 0 Å². The van der Waals surface area contributed by atoms with Crippen molar-refractivity contribution >= 4 is 17.5 Å². The highest BCUT2D eigenvalue weighted by Crippen LogP contribution is 2.19. The maximum Gasteiger partial charge on any atom is 0.254 e. The first-order valence-electron chi connectivity index (χ1n) is 8.28. The lowest BCUT2D eigenvalue weighted by molar-refractivity contribution is 0.0935. The molecule has 1 unspecified atom stereocenters. The second-order valence-corrected chi connectivity index (χ2v) is 6.33. The van der Waals surface area contributed by atoms with Crippen molar-refractivity contribution in [2.24, 2.45) is 0 Å². The van der Waals surface area contributed by atoms with Gasteiger partial charge >= 0.3 is 0 Å². The molecule has 5 heteroatoms. The Labute approximate surface area is 152 Å². The zero-order valence-corrected chi connectivity index (χ0v) is 14.8. The van der Waals surface area contributed by atoms with Gasteiger partial charge < -0.3 is 5.32 Å². The van der Waals surface area contributed by atoms with Crippen LogP contribution in [-0.4, -0.2) is 15.7 Å². The number of carbonyl (C=O) groups is 1. The predicted octanol–water partition coefficient (Wildman–Crippen LogP) is 4.47. The predicted molar refractivity (Wildman–Crippen MR) is 99.7 cm³/mol. The Kier molecular flexibility index (Phi) is 5.51. The molecule has 0 saturated heterocycles. The van der Waals surface area contributed by atoms with Crippen LogP contribution < -0.4 is 5.32 Å². The molecule has 3 rings (SSSR count). The Morgan fingerprint density at radius 2 is 1.88 bits per heavy atom. The first-order valence-corrected chi connectivity index (χ1v) is 8.66.